The SMILES string of the molecule is CCOc1ccc(CCNC(=O)c2cccc(N(C)C)c2)cc1OCC. The second-order valence-electron chi connectivity index (χ2n) is 6.10. The topological polar surface area (TPSA) is 50.8 Å². The highest BCUT2D eigenvalue weighted by Gasteiger charge is 2.09. The third-order valence-electron chi connectivity index (χ3n) is 3.93. The second-order valence-corrected chi connectivity index (χ2v) is 6.10. The maximum atomic E-state index is 12.3. The van der Waals surface area contributed by atoms with Gasteiger partial charge in [0.1, 0.15) is 0 Å². The van der Waals surface area contributed by atoms with Crippen molar-refractivity contribution in [3.63, 3.8) is 0 Å². The number of ether oxygens (including phenoxy) is 2. The van der Waals surface area contributed by atoms with Crippen LogP contribution in [0.4, 0.5) is 5.69 Å². The lowest BCUT2D eigenvalue weighted by atomic mass is 10.1. The van der Waals surface area contributed by atoms with Gasteiger partial charge in [-0.25, -0.2) is 0 Å². The summed E-state index contributed by atoms with van der Waals surface area (Å²) in [5, 5.41) is 2.98. The largest absolute Gasteiger partial charge is 0.490 e. The molecule has 26 heavy (non-hydrogen) atoms. The van der Waals surface area contributed by atoms with E-state index in [1.807, 2.05) is 75.3 Å². The first-order valence-electron chi connectivity index (χ1n) is 8.99. The molecule has 0 heterocycles. The molecule has 2 aromatic rings. The molecule has 0 atom stereocenters. The fraction of sp³-hybridized carbons (Fsp3) is 0.381. The van der Waals surface area contributed by atoms with Gasteiger partial charge in [0.15, 0.2) is 11.5 Å². The molecule has 1 N–H and O–H groups in total. The van der Waals surface area contributed by atoms with Crippen molar-refractivity contribution in [1.82, 2.24) is 5.32 Å². The monoisotopic (exact) mass is 356 g/mol. The number of amides is 1. The Kier molecular flexibility index (Phi) is 7.33. The summed E-state index contributed by atoms with van der Waals surface area (Å²) in [7, 11) is 3.91. The first-order chi connectivity index (χ1) is 12.5. The lowest BCUT2D eigenvalue weighted by molar-refractivity contribution is 0.0954. The van der Waals surface area contributed by atoms with Gasteiger partial charge in [-0.15, -0.1) is 0 Å². The number of anilines is 1. The standard InChI is InChI=1S/C21H28N2O3/c1-5-25-19-11-10-16(14-20(19)26-6-2)12-13-22-21(24)17-8-7-9-18(15-17)23(3)4/h7-11,14-15H,5-6,12-13H2,1-4H3,(H,22,24). The van der Waals surface area contributed by atoms with Crippen LogP contribution >= 0.6 is 0 Å². The molecule has 0 unspecified atom stereocenters. The molecular weight excluding hydrogens is 328 g/mol. The number of carbonyl (C=O) groups excluding carboxylic acids is 1. The summed E-state index contributed by atoms with van der Waals surface area (Å²) in [6.07, 6.45) is 0.728. The van der Waals surface area contributed by atoms with E-state index in [9.17, 15) is 4.79 Å². The molecule has 0 fully saturated rings. The van der Waals surface area contributed by atoms with E-state index in [0.29, 0.717) is 25.3 Å². The third-order valence-corrected chi connectivity index (χ3v) is 3.93. The van der Waals surface area contributed by atoms with E-state index in [-0.39, 0.29) is 5.91 Å². The van der Waals surface area contributed by atoms with E-state index in [1.165, 1.54) is 0 Å². The van der Waals surface area contributed by atoms with Crippen molar-refractivity contribution in [3.8, 4) is 11.5 Å². The van der Waals surface area contributed by atoms with Gasteiger partial charge in [-0.2, -0.15) is 0 Å². The van der Waals surface area contributed by atoms with Gasteiger partial charge in [-0.1, -0.05) is 12.1 Å². The molecule has 0 saturated heterocycles. The van der Waals surface area contributed by atoms with Crippen molar-refractivity contribution >= 4 is 11.6 Å². The molecule has 0 radical (unpaired) electrons. The minimum atomic E-state index is -0.0651. The molecular formula is C21H28N2O3. The predicted molar refractivity (Wildman–Crippen MR) is 106 cm³/mol. The van der Waals surface area contributed by atoms with Crippen LogP contribution < -0.4 is 19.7 Å². The smallest absolute Gasteiger partial charge is 0.251 e. The average Bonchev–Trinajstić information content (AvgIpc) is 2.64. The van der Waals surface area contributed by atoms with Crippen LogP contribution in [0.5, 0.6) is 11.5 Å². The van der Waals surface area contributed by atoms with E-state index in [0.717, 1.165) is 29.2 Å². The first-order valence-corrected chi connectivity index (χ1v) is 8.99. The molecule has 0 aliphatic carbocycles. The zero-order valence-electron chi connectivity index (χ0n) is 16.0. The quantitative estimate of drug-likeness (QED) is 0.747. The minimum absolute atomic E-state index is 0.0651. The highest BCUT2D eigenvalue weighted by atomic mass is 16.5. The van der Waals surface area contributed by atoms with Crippen LogP contribution in [0.2, 0.25) is 0 Å². The van der Waals surface area contributed by atoms with Gasteiger partial charge in [-0.3, -0.25) is 4.79 Å². The van der Waals surface area contributed by atoms with E-state index in [2.05, 4.69) is 5.32 Å². The van der Waals surface area contributed by atoms with Crippen molar-refractivity contribution < 1.29 is 14.3 Å². The Morgan fingerprint density at radius 2 is 1.73 bits per heavy atom. The number of nitrogens with zero attached hydrogens (tertiary/aromatic N) is 1. The van der Waals surface area contributed by atoms with E-state index >= 15 is 0 Å². The Morgan fingerprint density at radius 3 is 2.42 bits per heavy atom. The van der Waals surface area contributed by atoms with E-state index < -0.39 is 0 Å². The average molecular weight is 356 g/mol. The molecule has 5 heteroatoms. The first kappa shape index (κ1) is 19.6. The molecule has 0 aromatic heterocycles. The molecule has 1 amide bonds. The fourth-order valence-electron chi connectivity index (χ4n) is 2.60. The summed E-state index contributed by atoms with van der Waals surface area (Å²) in [5.74, 6) is 1.43. The van der Waals surface area contributed by atoms with E-state index in [4.69, 9.17) is 9.47 Å². The van der Waals surface area contributed by atoms with Crippen LogP contribution in [-0.4, -0.2) is 39.8 Å². The Bertz CT molecular complexity index is 729. The van der Waals surface area contributed by atoms with Crippen LogP contribution in [-0.2, 0) is 6.42 Å². The summed E-state index contributed by atoms with van der Waals surface area (Å²) in [5.41, 5.74) is 2.77. The summed E-state index contributed by atoms with van der Waals surface area (Å²) in [6.45, 7) is 5.64. The highest BCUT2D eigenvalue weighted by Crippen LogP contribution is 2.28. The van der Waals surface area contributed by atoms with Crippen molar-refractivity contribution in [3.05, 3.63) is 53.6 Å². The number of rotatable bonds is 9. The number of carbonyl (C=O) groups is 1. The molecule has 140 valence electrons. The van der Waals surface area contributed by atoms with Crippen LogP contribution in [0.15, 0.2) is 42.5 Å². The lowest BCUT2D eigenvalue weighted by Crippen LogP contribution is -2.26. The van der Waals surface area contributed by atoms with Crippen LogP contribution in [0.25, 0.3) is 0 Å². The molecule has 0 saturated carbocycles. The minimum Gasteiger partial charge on any atom is -0.490 e. The van der Waals surface area contributed by atoms with Crippen LogP contribution in [0.1, 0.15) is 29.8 Å². The molecule has 2 rings (SSSR count). The summed E-state index contributed by atoms with van der Waals surface area (Å²) in [4.78, 5) is 14.3. The third kappa shape index (κ3) is 5.41. The molecule has 2 aromatic carbocycles. The van der Waals surface area contributed by atoms with Gasteiger partial charge in [0.05, 0.1) is 13.2 Å². The molecule has 0 aliphatic rings. The predicted octanol–water partition coefficient (Wildman–Crippen LogP) is 3.52. The van der Waals surface area contributed by atoms with Gasteiger partial charge in [0.2, 0.25) is 0 Å². The van der Waals surface area contributed by atoms with Gasteiger partial charge < -0.3 is 19.7 Å². The number of hydrogen-bond donors (Lipinski definition) is 1. The summed E-state index contributed by atoms with van der Waals surface area (Å²) in [6, 6.07) is 13.5. The van der Waals surface area contributed by atoms with Crippen LogP contribution in [0.3, 0.4) is 0 Å². The fourth-order valence-corrected chi connectivity index (χ4v) is 2.60. The lowest BCUT2D eigenvalue weighted by Gasteiger charge is -2.14. The van der Waals surface area contributed by atoms with Crippen molar-refractivity contribution in [2.45, 2.75) is 20.3 Å². The molecule has 5 nitrogen and oxygen atoms in total. The zero-order chi connectivity index (χ0) is 18.9. The van der Waals surface area contributed by atoms with Crippen LogP contribution in [0, 0.1) is 0 Å². The number of nitrogens with one attached hydrogen (secondary N) is 1. The normalized spacial score (nSPS) is 10.3. The van der Waals surface area contributed by atoms with E-state index in [1.54, 1.807) is 0 Å². The Labute approximate surface area is 155 Å². The van der Waals surface area contributed by atoms with Gasteiger partial charge in [-0.05, 0) is 56.2 Å². The van der Waals surface area contributed by atoms with Crippen molar-refractivity contribution in [2.24, 2.45) is 0 Å². The summed E-state index contributed by atoms with van der Waals surface area (Å²) < 4.78 is 11.2. The molecule has 0 bridgehead atoms. The zero-order valence-corrected chi connectivity index (χ0v) is 16.0. The molecule has 0 aliphatic heterocycles. The van der Waals surface area contributed by atoms with Crippen molar-refractivity contribution in [1.29, 1.82) is 0 Å². The Hall–Kier alpha value is -2.69. The number of hydrogen-bond acceptors (Lipinski definition) is 4. The van der Waals surface area contributed by atoms with Crippen molar-refractivity contribution in [2.75, 3.05) is 38.8 Å². The van der Waals surface area contributed by atoms with Gasteiger partial charge in [0, 0.05) is 31.9 Å². The maximum absolute atomic E-state index is 12.3. The van der Waals surface area contributed by atoms with Gasteiger partial charge >= 0.3 is 0 Å². The maximum Gasteiger partial charge on any atom is 0.251 e. The number of benzene rings is 2. The Morgan fingerprint density at radius 1 is 1.00 bits per heavy atom. The molecule has 0 spiro atoms. The van der Waals surface area contributed by atoms with Gasteiger partial charge in [0.25, 0.3) is 5.91 Å². The Balaban J connectivity index is 1.95. The summed E-state index contributed by atoms with van der Waals surface area (Å²) >= 11 is 0. The second kappa shape index (κ2) is 9.70. The highest BCUT2D eigenvalue weighted by molar-refractivity contribution is 5.95.